The Kier molecular flexibility index (Phi) is 9.51. The minimum Gasteiger partial charge on any atom is -0.435 e. The van der Waals surface area contributed by atoms with E-state index < -0.39 is 12.7 Å². The number of hydrogen-bond acceptors (Lipinski definition) is 6. The number of hydrogen-bond donors (Lipinski definition) is 2. The van der Waals surface area contributed by atoms with Crippen molar-refractivity contribution in [3.05, 3.63) is 35.4 Å². The molecule has 2 aliphatic heterocycles. The summed E-state index contributed by atoms with van der Waals surface area (Å²) >= 11 is 1.79. The summed E-state index contributed by atoms with van der Waals surface area (Å²) in [6.45, 7) is 7.09. The maximum atomic E-state index is 12.7. The number of nitrogens with zero attached hydrogens (tertiary/aromatic N) is 1. The van der Waals surface area contributed by atoms with Crippen LogP contribution in [-0.4, -0.2) is 54.0 Å². The Labute approximate surface area is 193 Å². The van der Waals surface area contributed by atoms with Crippen molar-refractivity contribution >= 4 is 29.1 Å². The lowest BCUT2D eigenvalue weighted by Crippen LogP contribution is -2.58. The van der Waals surface area contributed by atoms with E-state index in [0.717, 1.165) is 11.5 Å². The molecule has 2 fully saturated rings. The van der Waals surface area contributed by atoms with Crippen LogP contribution in [0.25, 0.3) is 5.70 Å². The molecule has 0 bridgehead atoms. The number of nitrogens with two attached hydrogens (primary N) is 1. The number of alkyl halides is 2. The molecule has 0 aliphatic carbocycles. The first kappa shape index (κ1) is 26.1. The van der Waals surface area contributed by atoms with Crippen LogP contribution in [0.2, 0.25) is 0 Å². The summed E-state index contributed by atoms with van der Waals surface area (Å²) in [5, 5.41) is 3.06. The van der Waals surface area contributed by atoms with Gasteiger partial charge in [0.2, 0.25) is 5.91 Å². The Hall–Kier alpha value is -2.13. The van der Waals surface area contributed by atoms with Gasteiger partial charge in [-0.25, -0.2) is 0 Å². The molecule has 0 saturated carbocycles. The quantitative estimate of drug-likeness (QED) is 0.651. The first-order chi connectivity index (χ1) is 15.2. The second-order valence-corrected chi connectivity index (χ2v) is 9.00. The van der Waals surface area contributed by atoms with Gasteiger partial charge in [0.15, 0.2) is 0 Å². The Morgan fingerprint density at radius 1 is 1.34 bits per heavy atom. The summed E-state index contributed by atoms with van der Waals surface area (Å²) in [7, 11) is 0. The third kappa shape index (κ3) is 6.93. The first-order valence-corrected chi connectivity index (χ1v) is 11.9. The van der Waals surface area contributed by atoms with Crippen LogP contribution >= 0.6 is 11.8 Å². The van der Waals surface area contributed by atoms with E-state index in [4.69, 9.17) is 10.5 Å². The molecule has 0 radical (unpaired) electrons. The van der Waals surface area contributed by atoms with Gasteiger partial charge in [0.1, 0.15) is 11.9 Å². The van der Waals surface area contributed by atoms with Crippen LogP contribution in [0.15, 0.2) is 34.8 Å². The lowest BCUT2D eigenvalue weighted by molar-refractivity contribution is -0.133. The zero-order chi connectivity index (χ0) is 23.9. The fourth-order valence-corrected chi connectivity index (χ4v) is 4.30. The van der Waals surface area contributed by atoms with Gasteiger partial charge in [-0.15, -0.1) is 0 Å². The molecule has 1 atom stereocenters. The highest BCUT2D eigenvalue weighted by molar-refractivity contribution is 8.00. The van der Waals surface area contributed by atoms with Gasteiger partial charge in [-0.1, -0.05) is 26.0 Å². The van der Waals surface area contributed by atoms with Crippen LogP contribution in [0.1, 0.15) is 46.6 Å². The molecule has 6 nitrogen and oxygen atoms in total. The Bertz CT molecular complexity index is 855. The number of benzene rings is 1. The molecule has 178 valence electrons. The summed E-state index contributed by atoms with van der Waals surface area (Å²) < 4.78 is 35.4. The largest absolute Gasteiger partial charge is 0.435 e. The molecule has 0 spiro atoms. The van der Waals surface area contributed by atoms with E-state index in [1.165, 1.54) is 12.1 Å². The molecule has 1 aromatic carbocycles. The molecule has 1 aromatic rings. The maximum absolute atomic E-state index is 12.7. The Morgan fingerprint density at radius 2 is 2.03 bits per heavy atom. The third-order valence-electron chi connectivity index (χ3n) is 4.82. The van der Waals surface area contributed by atoms with Crippen molar-refractivity contribution in [1.82, 2.24) is 5.32 Å². The van der Waals surface area contributed by atoms with Gasteiger partial charge in [0.25, 0.3) is 0 Å². The van der Waals surface area contributed by atoms with E-state index in [0.29, 0.717) is 29.0 Å². The number of amides is 1. The van der Waals surface area contributed by atoms with E-state index in [1.54, 1.807) is 23.9 Å². The van der Waals surface area contributed by atoms with Gasteiger partial charge >= 0.3 is 6.61 Å². The number of thioether (sulfide) groups is 1. The molecule has 2 heterocycles. The lowest BCUT2D eigenvalue weighted by atomic mass is 9.95. The van der Waals surface area contributed by atoms with Gasteiger partial charge < -0.3 is 20.5 Å². The summed E-state index contributed by atoms with van der Waals surface area (Å²) in [4.78, 5) is 17.4. The highest BCUT2D eigenvalue weighted by Gasteiger charge is 2.38. The van der Waals surface area contributed by atoms with Crippen LogP contribution in [0.3, 0.4) is 0 Å². The monoisotopic (exact) mass is 469 g/mol. The molecule has 2 aliphatic rings. The normalized spacial score (nSPS) is 22.7. The standard InChI is InChI=1S/C21H27F2N3O3S.C2H6/c1-12(2)25-16-8-17(19(27)26-21(3)10-30-11-21)28-9-15(16)18(24)13-5-4-6-14(7-13)29-20(22)23;1-2/h4-7,12,17,20H,8-11,24H2,1-3H3,(H,26,27);1-2H3/b18-15-,25-16?;. The lowest BCUT2D eigenvalue weighted by Gasteiger charge is -2.40. The van der Waals surface area contributed by atoms with Crippen molar-refractivity contribution in [2.24, 2.45) is 10.7 Å². The minimum absolute atomic E-state index is 0.00124. The molecule has 1 amide bonds. The van der Waals surface area contributed by atoms with E-state index in [9.17, 15) is 13.6 Å². The van der Waals surface area contributed by atoms with Crippen LogP contribution < -0.4 is 15.8 Å². The average molecular weight is 470 g/mol. The van der Waals surface area contributed by atoms with Crippen molar-refractivity contribution in [1.29, 1.82) is 0 Å². The van der Waals surface area contributed by atoms with Gasteiger partial charge in [-0.3, -0.25) is 9.79 Å². The molecule has 3 N–H and O–H groups in total. The third-order valence-corrected chi connectivity index (χ3v) is 6.51. The van der Waals surface area contributed by atoms with Crippen molar-refractivity contribution in [3.8, 4) is 5.75 Å². The molecule has 1 unspecified atom stereocenters. The highest BCUT2D eigenvalue weighted by Crippen LogP contribution is 2.30. The van der Waals surface area contributed by atoms with Crippen molar-refractivity contribution in [2.45, 2.75) is 65.3 Å². The van der Waals surface area contributed by atoms with Gasteiger partial charge in [0.05, 0.1) is 12.1 Å². The summed E-state index contributed by atoms with van der Waals surface area (Å²) in [6.07, 6.45) is -0.341. The molecular weight excluding hydrogens is 436 g/mol. The van der Waals surface area contributed by atoms with E-state index >= 15 is 0 Å². The smallest absolute Gasteiger partial charge is 0.387 e. The van der Waals surface area contributed by atoms with Crippen LogP contribution in [0.5, 0.6) is 5.75 Å². The molecule has 2 saturated heterocycles. The fourth-order valence-electron chi connectivity index (χ4n) is 3.34. The summed E-state index contributed by atoms with van der Waals surface area (Å²) in [5.41, 5.74) is 8.43. The van der Waals surface area contributed by atoms with Crippen molar-refractivity contribution < 1.29 is 23.0 Å². The molecule has 9 heteroatoms. The maximum Gasteiger partial charge on any atom is 0.387 e. The van der Waals surface area contributed by atoms with Gasteiger partial charge in [-0.05, 0) is 32.9 Å². The summed E-state index contributed by atoms with van der Waals surface area (Å²) in [5.74, 6) is 1.63. The number of carbonyl (C=O) groups is 1. The molecule has 0 aromatic heterocycles. The van der Waals surface area contributed by atoms with Gasteiger partial charge in [0, 0.05) is 46.5 Å². The predicted octanol–water partition coefficient (Wildman–Crippen LogP) is 4.24. The fraction of sp³-hybridized carbons (Fsp3) is 0.565. The zero-order valence-electron chi connectivity index (χ0n) is 19.3. The number of ether oxygens (including phenoxy) is 2. The Morgan fingerprint density at radius 3 is 2.59 bits per heavy atom. The van der Waals surface area contributed by atoms with E-state index in [1.807, 2.05) is 34.6 Å². The first-order valence-electron chi connectivity index (χ1n) is 10.8. The minimum atomic E-state index is -2.92. The second kappa shape index (κ2) is 11.7. The van der Waals surface area contributed by atoms with Crippen LogP contribution in [0, 0.1) is 0 Å². The molecular formula is C23H33F2N3O3S. The SMILES string of the molecule is CC.CC(C)N=C1CC(C(=O)NC2(C)CSC2)OC/C1=C(/N)c1cccc(OC(F)F)c1. The predicted molar refractivity (Wildman–Crippen MR) is 126 cm³/mol. The molecule has 32 heavy (non-hydrogen) atoms. The highest BCUT2D eigenvalue weighted by atomic mass is 32.2. The number of halogens is 2. The van der Waals surface area contributed by atoms with E-state index in [2.05, 4.69) is 15.0 Å². The average Bonchev–Trinajstić information content (AvgIpc) is 2.73. The van der Waals surface area contributed by atoms with E-state index in [-0.39, 0.29) is 29.8 Å². The topological polar surface area (TPSA) is 85.9 Å². The second-order valence-electron chi connectivity index (χ2n) is 8.01. The zero-order valence-corrected chi connectivity index (χ0v) is 20.1. The number of aliphatic imine (C=N–C) groups is 1. The van der Waals surface area contributed by atoms with Gasteiger partial charge in [-0.2, -0.15) is 20.5 Å². The number of rotatable bonds is 6. The summed E-state index contributed by atoms with van der Waals surface area (Å²) in [6, 6.07) is 6.19. The van der Waals surface area contributed by atoms with Crippen LogP contribution in [0.4, 0.5) is 8.78 Å². The van der Waals surface area contributed by atoms with Crippen molar-refractivity contribution in [3.63, 3.8) is 0 Å². The number of carbonyl (C=O) groups excluding carboxylic acids is 1. The van der Waals surface area contributed by atoms with Crippen LogP contribution in [-0.2, 0) is 9.53 Å². The molecule has 3 rings (SSSR count). The number of nitrogens with one attached hydrogen (secondary N) is 1. The van der Waals surface area contributed by atoms with Crippen molar-refractivity contribution in [2.75, 3.05) is 18.1 Å². The Balaban J connectivity index is 0.00000176.